The molecule has 5 heteroatoms. The summed E-state index contributed by atoms with van der Waals surface area (Å²) in [4.78, 5) is 14.4. The molecule has 0 aliphatic rings. The van der Waals surface area contributed by atoms with Crippen LogP contribution in [0.15, 0.2) is 17.5 Å². The fourth-order valence-corrected chi connectivity index (χ4v) is 1.40. The molecule has 0 aliphatic heterocycles. The van der Waals surface area contributed by atoms with Crippen LogP contribution in [0.2, 0.25) is 0 Å². The van der Waals surface area contributed by atoms with Gasteiger partial charge in [-0.2, -0.15) is 4.79 Å². The monoisotopic (exact) mass is 182 g/mol. The van der Waals surface area contributed by atoms with Crippen molar-refractivity contribution >= 4 is 23.0 Å². The first kappa shape index (κ1) is 8.64. The Morgan fingerprint density at radius 1 is 1.75 bits per heavy atom. The van der Waals surface area contributed by atoms with Gasteiger partial charge in [-0.25, -0.2) is 4.79 Å². The first-order valence-electron chi connectivity index (χ1n) is 3.14. The van der Waals surface area contributed by atoms with Crippen LogP contribution in [-0.2, 0) is 9.53 Å². The topological polar surface area (TPSA) is 62.7 Å². The highest BCUT2D eigenvalue weighted by atomic mass is 32.1. The van der Waals surface area contributed by atoms with E-state index in [1.165, 1.54) is 18.4 Å². The molecule has 62 valence electrons. The van der Waals surface area contributed by atoms with Crippen LogP contribution in [0.4, 0.5) is 0 Å². The summed E-state index contributed by atoms with van der Waals surface area (Å²) in [6.07, 6.45) is 0. The maximum atomic E-state index is 10.9. The number of methoxy groups -OCH3 is 1. The Morgan fingerprint density at radius 3 is 2.92 bits per heavy atom. The lowest BCUT2D eigenvalue weighted by molar-refractivity contribution is -0.137. The van der Waals surface area contributed by atoms with E-state index in [1.807, 2.05) is 0 Å². The van der Waals surface area contributed by atoms with Crippen LogP contribution < -0.4 is 0 Å². The molecule has 0 atom stereocenters. The molecule has 12 heavy (non-hydrogen) atoms. The van der Waals surface area contributed by atoms with Crippen molar-refractivity contribution in [1.82, 2.24) is 0 Å². The fourth-order valence-electron chi connectivity index (χ4n) is 0.701. The highest BCUT2D eigenvalue weighted by Gasteiger charge is 2.24. The second kappa shape index (κ2) is 3.80. The molecule has 0 saturated heterocycles. The van der Waals surface area contributed by atoms with Crippen LogP contribution in [0.5, 0.6) is 0 Å². The van der Waals surface area contributed by atoms with E-state index in [-0.39, 0.29) is 5.71 Å². The van der Waals surface area contributed by atoms with Gasteiger partial charge in [0.2, 0.25) is 0 Å². The largest absolute Gasteiger partial charge is 0.460 e. The molecule has 0 saturated carbocycles. The first-order valence-corrected chi connectivity index (χ1v) is 4.01. The van der Waals surface area contributed by atoms with Gasteiger partial charge in [-0.1, -0.05) is 6.07 Å². The van der Waals surface area contributed by atoms with Crippen LogP contribution in [0, 0.1) is 0 Å². The summed E-state index contributed by atoms with van der Waals surface area (Å²) >= 11 is 1.31. The Bertz CT molecular complexity index is 325. The minimum absolute atomic E-state index is 0.0625. The van der Waals surface area contributed by atoms with Gasteiger partial charge in [0.25, 0.3) is 0 Å². The predicted molar refractivity (Wildman–Crippen MR) is 44.1 cm³/mol. The van der Waals surface area contributed by atoms with E-state index < -0.39 is 5.97 Å². The second-order valence-corrected chi connectivity index (χ2v) is 2.87. The Morgan fingerprint density at radius 2 is 2.50 bits per heavy atom. The summed E-state index contributed by atoms with van der Waals surface area (Å²) in [5.74, 6) is -0.639. The average molecular weight is 182 g/mol. The van der Waals surface area contributed by atoms with Crippen LogP contribution in [0.1, 0.15) is 4.88 Å². The van der Waals surface area contributed by atoms with Gasteiger partial charge in [0.15, 0.2) is 0 Å². The van der Waals surface area contributed by atoms with E-state index in [4.69, 9.17) is 5.53 Å². The van der Waals surface area contributed by atoms with E-state index in [0.29, 0.717) is 4.88 Å². The molecule has 1 aromatic heterocycles. The van der Waals surface area contributed by atoms with Crippen molar-refractivity contribution in [3.63, 3.8) is 0 Å². The van der Waals surface area contributed by atoms with Crippen molar-refractivity contribution in [3.8, 4) is 0 Å². The third-order valence-electron chi connectivity index (χ3n) is 1.23. The summed E-state index contributed by atoms with van der Waals surface area (Å²) in [6.45, 7) is 0. The third kappa shape index (κ3) is 1.58. The van der Waals surface area contributed by atoms with E-state index in [1.54, 1.807) is 17.5 Å². The molecule has 1 heterocycles. The lowest BCUT2D eigenvalue weighted by atomic mass is 10.3. The standard InChI is InChI=1S/C7H6N2O2S/c1-11-7(10)6(9-8)5-3-2-4-12-5/h2-4H,1H3. The van der Waals surface area contributed by atoms with E-state index >= 15 is 0 Å². The number of carbonyl (C=O) groups is 1. The molecule has 0 fully saturated rings. The van der Waals surface area contributed by atoms with Gasteiger partial charge in [-0.05, 0) is 11.4 Å². The smallest absolute Gasteiger partial charge is 0.422 e. The average Bonchev–Trinajstić information content (AvgIpc) is 2.58. The van der Waals surface area contributed by atoms with Crippen LogP contribution in [-0.4, -0.2) is 23.6 Å². The normalized spacial score (nSPS) is 8.75. The molecule has 0 unspecified atom stereocenters. The highest BCUT2D eigenvalue weighted by Crippen LogP contribution is 2.09. The molecule has 0 aromatic carbocycles. The van der Waals surface area contributed by atoms with Gasteiger partial charge >= 0.3 is 11.7 Å². The molecular weight excluding hydrogens is 176 g/mol. The lowest BCUT2D eigenvalue weighted by Crippen LogP contribution is -2.16. The number of hydrogen-bond donors (Lipinski definition) is 0. The maximum Gasteiger partial charge on any atom is 0.422 e. The molecule has 0 aliphatic carbocycles. The first-order chi connectivity index (χ1) is 5.79. The Kier molecular flexibility index (Phi) is 2.74. The Balaban J connectivity index is 3.01. The number of rotatable bonds is 2. The SMILES string of the molecule is COC(=O)C(=[N+]=[N-])c1cccs1. The molecule has 0 N–H and O–H groups in total. The summed E-state index contributed by atoms with van der Waals surface area (Å²) in [7, 11) is 1.24. The molecule has 0 amide bonds. The highest BCUT2D eigenvalue weighted by molar-refractivity contribution is 7.12. The minimum Gasteiger partial charge on any atom is -0.460 e. The number of ether oxygens (including phenoxy) is 1. The van der Waals surface area contributed by atoms with Crippen molar-refractivity contribution in [2.24, 2.45) is 0 Å². The van der Waals surface area contributed by atoms with Crippen molar-refractivity contribution in [3.05, 3.63) is 27.9 Å². The molecule has 0 bridgehead atoms. The van der Waals surface area contributed by atoms with Crippen molar-refractivity contribution in [2.75, 3.05) is 7.11 Å². The van der Waals surface area contributed by atoms with Gasteiger partial charge in [0.05, 0.1) is 7.11 Å². The molecule has 1 aromatic rings. The summed E-state index contributed by atoms with van der Waals surface area (Å²) < 4.78 is 4.40. The summed E-state index contributed by atoms with van der Waals surface area (Å²) in [6, 6.07) is 3.44. The van der Waals surface area contributed by atoms with Gasteiger partial charge < -0.3 is 10.3 Å². The Hall–Kier alpha value is -1.45. The third-order valence-corrected chi connectivity index (χ3v) is 2.11. The second-order valence-electron chi connectivity index (χ2n) is 1.92. The van der Waals surface area contributed by atoms with Crippen LogP contribution in [0.25, 0.3) is 5.53 Å². The molecule has 4 nitrogen and oxygen atoms in total. The molecule has 0 spiro atoms. The number of carbonyl (C=O) groups excluding carboxylic acids is 1. The van der Waals surface area contributed by atoms with E-state index in [9.17, 15) is 4.79 Å². The molecular formula is C7H6N2O2S. The number of esters is 1. The fraction of sp³-hybridized carbons (Fsp3) is 0.143. The lowest BCUT2D eigenvalue weighted by Gasteiger charge is -1.89. The van der Waals surface area contributed by atoms with Gasteiger partial charge in [-0.15, -0.1) is 11.3 Å². The van der Waals surface area contributed by atoms with Crippen LogP contribution in [0.3, 0.4) is 0 Å². The van der Waals surface area contributed by atoms with E-state index in [0.717, 1.165) is 0 Å². The number of hydrogen-bond acceptors (Lipinski definition) is 3. The zero-order valence-electron chi connectivity index (χ0n) is 6.35. The molecule has 0 radical (unpaired) electrons. The zero-order valence-corrected chi connectivity index (χ0v) is 7.17. The van der Waals surface area contributed by atoms with Crippen molar-refractivity contribution < 1.29 is 14.3 Å². The van der Waals surface area contributed by atoms with Crippen LogP contribution >= 0.6 is 11.3 Å². The van der Waals surface area contributed by atoms with Gasteiger partial charge in [-0.3, -0.25) is 0 Å². The molecule has 1 rings (SSSR count). The van der Waals surface area contributed by atoms with E-state index in [2.05, 4.69) is 9.53 Å². The maximum absolute atomic E-state index is 10.9. The van der Waals surface area contributed by atoms with Crippen molar-refractivity contribution in [2.45, 2.75) is 0 Å². The Labute approximate surface area is 73.0 Å². The number of nitrogens with zero attached hydrogens (tertiary/aromatic N) is 2. The summed E-state index contributed by atoms with van der Waals surface area (Å²) in [5.41, 5.74) is 8.43. The van der Waals surface area contributed by atoms with Gasteiger partial charge in [0, 0.05) is 0 Å². The minimum atomic E-state index is -0.639. The van der Waals surface area contributed by atoms with Crippen molar-refractivity contribution in [1.29, 1.82) is 0 Å². The summed E-state index contributed by atoms with van der Waals surface area (Å²) in [5, 5.41) is 1.78. The predicted octanol–water partition coefficient (Wildman–Crippen LogP) is 0.940. The number of thiophene rings is 1. The quantitative estimate of drug-likeness (QED) is 0.296. The van der Waals surface area contributed by atoms with Gasteiger partial charge in [0.1, 0.15) is 4.88 Å². The zero-order chi connectivity index (χ0) is 8.97.